The van der Waals surface area contributed by atoms with Crippen LogP contribution in [0, 0.1) is 0 Å². The van der Waals surface area contributed by atoms with Crippen LogP contribution < -0.4 is 10.1 Å². The molecule has 1 atom stereocenters. The third-order valence-corrected chi connectivity index (χ3v) is 2.50. The topological polar surface area (TPSA) is 78.8 Å². The minimum absolute atomic E-state index is 0.126. The number of rotatable bonds is 5. The molecule has 0 saturated heterocycles. The number of aromatic hydroxyl groups is 1. The Labute approximate surface area is 100 Å². The summed E-state index contributed by atoms with van der Waals surface area (Å²) in [5, 5.41) is 21.2. The number of phenols is 1. The van der Waals surface area contributed by atoms with Crippen LogP contribution in [0.1, 0.15) is 23.7 Å². The molecule has 94 valence electrons. The monoisotopic (exact) mass is 239 g/mol. The molecule has 0 aliphatic carbocycles. The summed E-state index contributed by atoms with van der Waals surface area (Å²) in [6.07, 6.45) is 0.624. The van der Waals surface area contributed by atoms with Gasteiger partial charge in [-0.25, -0.2) is 0 Å². The maximum absolute atomic E-state index is 11.8. The molecule has 5 nitrogen and oxygen atoms in total. The van der Waals surface area contributed by atoms with Gasteiger partial charge in [0.15, 0.2) is 0 Å². The molecule has 0 aromatic heterocycles. The highest BCUT2D eigenvalue weighted by Gasteiger charge is 2.15. The van der Waals surface area contributed by atoms with Gasteiger partial charge in [-0.1, -0.05) is 6.92 Å². The number of aliphatic hydroxyl groups excluding tert-OH is 1. The van der Waals surface area contributed by atoms with Gasteiger partial charge < -0.3 is 20.3 Å². The van der Waals surface area contributed by atoms with Gasteiger partial charge >= 0.3 is 0 Å². The highest BCUT2D eigenvalue weighted by molar-refractivity contribution is 5.97. The number of hydrogen-bond acceptors (Lipinski definition) is 4. The molecule has 1 rings (SSSR count). The molecular weight excluding hydrogens is 222 g/mol. The number of phenolic OH excluding ortho intramolecular Hbond substituents is 1. The molecular formula is C12H17NO4. The second-order valence-electron chi connectivity index (χ2n) is 3.64. The van der Waals surface area contributed by atoms with Gasteiger partial charge in [0, 0.05) is 6.07 Å². The van der Waals surface area contributed by atoms with Gasteiger partial charge in [0.25, 0.3) is 5.91 Å². The molecule has 17 heavy (non-hydrogen) atoms. The van der Waals surface area contributed by atoms with Crippen molar-refractivity contribution in [2.75, 3.05) is 13.7 Å². The van der Waals surface area contributed by atoms with Crippen LogP contribution in [-0.2, 0) is 0 Å². The molecule has 0 fully saturated rings. The van der Waals surface area contributed by atoms with Gasteiger partial charge in [-0.15, -0.1) is 0 Å². The van der Waals surface area contributed by atoms with Crippen molar-refractivity contribution < 1.29 is 19.7 Å². The third kappa shape index (κ3) is 3.35. The fourth-order valence-corrected chi connectivity index (χ4v) is 1.37. The molecule has 0 spiro atoms. The maximum Gasteiger partial charge on any atom is 0.255 e. The van der Waals surface area contributed by atoms with Crippen molar-refractivity contribution in [3.05, 3.63) is 23.8 Å². The number of carbonyl (C=O) groups is 1. The summed E-state index contributed by atoms with van der Waals surface area (Å²) in [5.41, 5.74) is 0.165. The third-order valence-electron chi connectivity index (χ3n) is 2.50. The summed E-state index contributed by atoms with van der Waals surface area (Å²) < 4.78 is 4.92. The zero-order valence-corrected chi connectivity index (χ0v) is 9.93. The van der Waals surface area contributed by atoms with Crippen molar-refractivity contribution >= 4 is 5.91 Å². The molecule has 0 unspecified atom stereocenters. The molecule has 0 aliphatic heterocycles. The first-order valence-electron chi connectivity index (χ1n) is 5.41. The molecule has 1 amide bonds. The fourth-order valence-electron chi connectivity index (χ4n) is 1.37. The second kappa shape index (κ2) is 6.10. The lowest BCUT2D eigenvalue weighted by atomic mass is 10.1. The van der Waals surface area contributed by atoms with E-state index in [1.807, 2.05) is 6.92 Å². The Morgan fingerprint density at radius 1 is 1.53 bits per heavy atom. The van der Waals surface area contributed by atoms with Crippen molar-refractivity contribution in [2.24, 2.45) is 0 Å². The molecule has 0 saturated carbocycles. The van der Waals surface area contributed by atoms with Crippen LogP contribution in [-0.4, -0.2) is 35.9 Å². The zero-order valence-electron chi connectivity index (χ0n) is 9.93. The van der Waals surface area contributed by atoms with Crippen LogP contribution in [0.3, 0.4) is 0 Å². The number of ether oxygens (including phenoxy) is 1. The quantitative estimate of drug-likeness (QED) is 0.713. The Hall–Kier alpha value is -1.75. The summed E-state index contributed by atoms with van der Waals surface area (Å²) in [4.78, 5) is 11.8. The van der Waals surface area contributed by atoms with Crippen LogP contribution in [0.25, 0.3) is 0 Å². The molecule has 0 aliphatic rings. The van der Waals surface area contributed by atoms with E-state index in [0.717, 1.165) is 0 Å². The van der Waals surface area contributed by atoms with E-state index in [2.05, 4.69) is 5.32 Å². The van der Waals surface area contributed by atoms with E-state index in [1.165, 1.54) is 19.2 Å². The van der Waals surface area contributed by atoms with Crippen molar-refractivity contribution in [1.82, 2.24) is 5.32 Å². The first-order chi connectivity index (χ1) is 8.12. The molecule has 1 aromatic carbocycles. The van der Waals surface area contributed by atoms with E-state index in [1.54, 1.807) is 6.07 Å². The van der Waals surface area contributed by atoms with Gasteiger partial charge in [-0.3, -0.25) is 4.79 Å². The second-order valence-corrected chi connectivity index (χ2v) is 3.64. The first kappa shape index (κ1) is 13.3. The van der Waals surface area contributed by atoms with Gasteiger partial charge in [-0.2, -0.15) is 0 Å². The van der Waals surface area contributed by atoms with E-state index in [9.17, 15) is 9.90 Å². The Morgan fingerprint density at radius 3 is 2.71 bits per heavy atom. The molecule has 3 N–H and O–H groups in total. The largest absolute Gasteiger partial charge is 0.507 e. The maximum atomic E-state index is 11.8. The van der Waals surface area contributed by atoms with Crippen molar-refractivity contribution in [3.63, 3.8) is 0 Å². The predicted octanol–water partition coefficient (Wildman–Crippen LogP) is 0.902. The highest BCUT2D eigenvalue weighted by atomic mass is 16.5. The first-order valence-corrected chi connectivity index (χ1v) is 5.41. The van der Waals surface area contributed by atoms with Crippen LogP contribution in [0.2, 0.25) is 0 Å². The number of benzene rings is 1. The predicted molar refractivity (Wildman–Crippen MR) is 63.3 cm³/mol. The van der Waals surface area contributed by atoms with E-state index < -0.39 is 5.91 Å². The molecule has 1 aromatic rings. The Bertz CT molecular complexity index is 388. The van der Waals surface area contributed by atoms with E-state index in [-0.39, 0.29) is 24.0 Å². The van der Waals surface area contributed by atoms with Gasteiger partial charge in [-0.05, 0) is 18.6 Å². The summed E-state index contributed by atoms with van der Waals surface area (Å²) in [6.45, 7) is 1.73. The lowest BCUT2D eigenvalue weighted by Crippen LogP contribution is -2.36. The molecule has 0 heterocycles. The molecule has 5 heteroatoms. The molecule has 0 bridgehead atoms. The van der Waals surface area contributed by atoms with Crippen molar-refractivity contribution in [3.8, 4) is 11.5 Å². The number of aliphatic hydroxyl groups is 1. The van der Waals surface area contributed by atoms with Crippen LogP contribution in [0.15, 0.2) is 18.2 Å². The lowest BCUT2D eigenvalue weighted by Gasteiger charge is -2.14. The summed E-state index contributed by atoms with van der Waals surface area (Å²) in [7, 11) is 1.48. The van der Waals surface area contributed by atoms with Crippen LogP contribution in [0.4, 0.5) is 0 Å². The Balaban J connectivity index is 2.82. The molecule has 0 radical (unpaired) electrons. The summed E-state index contributed by atoms with van der Waals surface area (Å²) in [5.74, 6) is -0.0751. The average Bonchev–Trinajstić information content (AvgIpc) is 2.35. The minimum Gasteiger partial charge on any atom is -0.507 e. The number of nitrogens with one attached hydrogen (secondary N) is 1. The van der Waals surface area contributed by atoms with E-state index in [0.29, 0.717) is 12.2 Å². The smallest absolute Gasteiger partial charge is 0.255 e. The Morgan fingerprint density at radius 2 is 2.24 bits per heavy atom. The SMILES string of the molecule is CC[C@H](CO)NC(=O)c1ccc(OC)cc1O. The lowest BCUT2D eigenvalue weighted by molar-refractivity contribution is 0.0912. The van der Waals surface area contributed by atoms with E-state index in [4.69, 9.17) is 9.84 Å². The highest BCUT2D eigenvalue weighted by Crippen LogP contribution is 2.23. The number of methoxy groups -OCH3 is 1. The number of amides is 1. The summed E-state index contributed by atoms with van der Waals surface area (Å²) >= 11 is 0. The summed E-state index contributed by atoms with van der Waals surface area (Å²) in [6, 6.07) is 4.14. The Kier molecular flexibility index (Phi) is 4.78. The fraction of sp³-hybridized carbons (Fsp3) is 0.417. The zero-order chi connectivity index (χ0) is 12.8. The normalized spacial score (nSPS) is 11.9. The van der Waals surface area contributed by atoms with Gasteiger partial charge in [0.1, 0.15) is 11.5 Å². The average molecular weight is 239 g/mol. The van der Waals surface area contributed by atoms with Crippen LogP contribution in [0.5, 0.6) is 11.5 Å². The van der Waals surface area contributed by atoms with Crippen LogP contribution >= 0.6 is 0 Å². The standard InChI is InChI=1S/C12H17NO4/c1-3-8(7-14)13-12(16)10-5-4-9(17-2)6-11(10)15/h4-6,8,14-15H,3,7H2,1-2H3,(H,13,16)/t8-/m1/s1. The number of hydrogen-bond donors (Lipinski definition) is 3. The van der Waals surface area contributed by atoms with Gasteiger partial charge in [0.05, 0.1) is 25.3 Å². The number of carbonyl (C=O) groups excluding carboxylic acids is 1. The van der Waals surface area contributed by atoms with Crippen molar-refractivity contribution in [2.45, 2.75) is 19.4 Å². The van der Waals surface area contributed by atoms with Gasteiger partial charge in [0.2, 0.25) is 0 Å². The minimum atomic E-state index is -0.411. The van der Waals surface area contributed by atoms with Crippen molar-refractivity contribution in [1.29, 1.82) is 0 Å². The van der Waals surface area contributed by atoms with E-state index >= 15 is 0 Å².